The molecule has 2 rings (SSSR count). The lowest BCUT2D eigenvalue weighted by Crippen LogP contribution is -2.37. The van der Waals surface area contributed by atoms with Gasteiger partial charge in [-0.2, -0.15) is 0 Å². The van der Waals surface area contributed by atoms with Crippen LogP contribution in [0.3, 0.4) is 0 Å². The van der Waals surface area contributed by atoms with Crippen molar-refractivity contribution in [2.24, 2.45) is 0 Å². The van der Waals surface area contributed by atoms with E-state index < -0.39 is 16.3 Å². The van der Waals surface area contributed by atoms with Crippen molar-refractivity contribution < 1.29 is 23.9 Å². The molecule has 8 heteroatoms. The van der Waals surface area contributed by atoms with Crippen LogP contribution in [0.1, 0.15) is 40.3 Å². The average Bonchev–Trinajstić information content (AvgIpc) is 3.03. The monoisotopic (exact) mass is 372 g/mol. The van der Waals surface area contributed by atoms with Crippen LogP contribution in [0, 0.1) is 0 Å². The topological polar surface area (TPSA) is 93.8 Å². The molecule has 7 nitrogen and oxygen atoms in total. The van der Waals surface area contributed by atoms with E-state index in [1.54, 1.807) is 13.0 Å². The Kier molecular flexibility index (Phi) is 6.53. The molecule has 25 heavy (non-hydrogen) atoms. The minimum Gasteiger partial charge on any atom is -0.392 e. The summed E-state index contributed by atoms with van der Waals surface area (Å²) in [5, 5.41) is 16.6. The second kappa shape index (κ2) is 8.07. The zero-order valence-corrected chi connectivity index (χ0v) is 16.3. The van der Waals surface area contributed by atoms with Gasteiger partial charge in [0.25, 0.3) is 0 Å². The number of carbonyl (C=O) groups is 1. The van der Waals surface area contributed by atoms with E-state index in [9.17, 15) is 9.90 Å². The summed E-state index contributed by atoms with van der Waals surface area (Å²) in [6.07, 6.45) is -0.583. The molecule has 0 spiro atoms. The van der Waals surface area contributed by atoms with Gasteiger partial charge in [0, 0.05) is 17.2 Å². The number of aliphatic hydroxyl groups is 1. The predicted molar refractivity (Wildman–Crippen MR) is 96.9 cm³/mol. The van der Waals surface area contributed by atoms with Gasteiger partial charge >= 0.3 is 0 Å². The number of aromatic nitrogens is 1. The standard InChI is InChI=1S/C17H28N2O5S/c1-11(20)16(2,3)13-8-14(24-19-13)18-15(21)17(4,5)25-10-12-9-22-6-7-23-12/h8,11-12,20H,6-7,9-10H2,1-5H3,(H,18,21)/t11-,12?/m0/s1. The number of amides is 1. The summed E-state index contributed by atoms with van der Waals surface area (Å²) in [6.45, 7) is 10.9. The highest BCUT2D eigenvalue weighted by Crippen LogP contribution is 2.30. The van der Waals surface area contributed by atoms with Crippen LogP contribution >= 0.6 is 11.8 Å². The smallest absolute Gasteiger partial charge is 0.242 e. The number of anilines is 1. The normalized spacial score (nSPS) is 20.3. The highest BCUT2D eigenvalue weighted by atomic mass is 32.2. The molecular weight excluding hydrogens is 344 g/mol. The maximum absolute atomic E-state index is 12.6. The zero-order chi connectivity index (χ0) is 18.7. The molecule has 0 radical (unpaired) electrons. The van der Waals surface area contributed by atoms with Crippen molar-refractivity contribution in [1.29, 1.82) is 0 Å². The second-order valence-electron chi connectivity index (χ2n) is 7.32. The molecule has 0 aromatic carbocycles. The first kappa shape index (κ1) is 20.2. The van der Waals surface area contributed by atoms with Gasteiger partial charge in [0.15, 0.2) is 0 Å². The maximum Gasteiger partial charge on any atom is 0.242 e. The molecule has 1 aliphatic rings. The van der Waals surface area contributed by atoms with E-state index in [0.29, 0.717) is 31.3 Å². The van der Waals surface area contributed by atoms with Crippen LogP contribution in [0.15, 0.2) is 10.6 Å². The van der Waals surface area contributed by atoms with Crippen LogP contribution in [-0.2, 0) is 19.7 Å². The Labute approximate surface area is 152 Å². The average molecular weight is 372 g/mol. The van der Waals surface area contributed by atoms with Crippen molar-refractivity contribution in [3.8, 4) is 0 Å². The van der Waals surface area contributed by atoms with E-state index in [-0.39, 0.29) is 17.9 Å². The van der Waals surface area contributed by atoms with Gasteiger partial charge < -0.3 is 19.1 Å². The van der Waals surface area contributed by atoms with Gasteiger partial charge in [-0.1, -0.05) is 19.0 Å². The Bertz CT molecular complexity index is 579. The first-order valence-corrected chi connectivity index (χ1v) is 9.41. The molecule has 1 saturated heterocycles. The summed E-state index contributed by atoms with van der Waals surface area (Å²) in [4.78, 5) is 12.6. The highest BCUT2D eigenvalue weighted by Gasteiger charge is 2.33. The van der Waals surface area contributed by atoms with Crippen LogP contribution in [0.2, 0.25) is 0 Å². The lowest BCUT2D eigenvalue weighted by atomic mass is 9.84. The number of ether oxygens (including phenoxy) is 2. The van der Waals surface area contributed by atoms with E-state index in [1.165, 1.54) is 11.8 Å². The molecular formula is C17H28N2O5S. The minimum absolute atomic E-state index is 0.00884. The van der Waals surface area contributed by atoms with Crippen molar-refractivity contribution >= 4 is 23.6 Å². The highest BCUT2D eigenvalue weighted by molar-refractivity contribution is 8.01. The van der Waals surface area contributed by atoms with Gasteiger partial charge in [-0.15, -0.1) is 11.8 Å². The molecule has 1 aliphatic heterocycles. The first-order valence-electron chi connectivity index (χ1n) is 8.43. The zero-order valence-electron chi connectivity index (χ0n) is 15.5. The number of hydrogen-bond acceptors (Lipinski definition) is 7. The number of hydrogen-bond donors (Lipinski definition) is 2. The minimum atomic E-state index is -0.659. The summed E-state index contributed by atoms with van der Waals surface area (Å²) < 4.78 is 15.5. The Hall–Kier alpha value is -1.09. The molecule has 2 atom stereocenters. The number of aliphatic hydroxyl groups excluding tert-OH is 1. The van der Waals surface area contributed by atoms with Gasteiger partial charge in [0.2, 0.25) is 11.8 Å². The van der Waals surface area contributed by atoms with E-state index in [0.717, 1.165) is 0 Å². The van der Waals surface area contributed by atoms with Crippen molar-refractivity contribution in [3.63, 3.8) is 0 Å². The fourth-order valence-electron chi connectivity index (χ4n) is 2.11. The van der Waals surface area contributed by atoms with Crippen LogP contribution in [-0.4, -0.2) is 58.7 Å². The van der Waals surface area contributed by atoms with Gasteiger partial charge in [0.05, 0.1) is 42.5 Å². The summed E-state index contributed by atoms with van der Waals surface area (Å²) in [6, 6.07) is 1.66. The van der Waals surface area contributed by atoms with E-state index in [1.807, 2.05) is 27.7 Å². The molecule has 1 unspecified atom stereocenters. The second-order valence-corrected chi connectivity index (χ2v) is 8.96. The van der Waals surface area contributed by atoms with E-state index >= 15 is 0 Å². The van der Waals surface area contributed by atoms with E-state index in [4.69, 9.17) is 14.0 Å². The first-order chi connectivity index (χ1) is 11.6. The van der Waals surface area contributed by atoms with Crippen molar-refractivity contribution in [2.45, 2.75) is 57.0 Å². The summed E-state index contributed by atoms with van der Waals surface area (Å²) in [7, 11) is 0. The number of carbonyl (C=O) groups excluding carboxylic acids is 1. The van der Waals surface area contributed by atoms with Gasteiger partial charge in [-0.3, -0.25) is 10.1 Å². The molecule has 142 valence electrons. The Balaban J connectivity index is 1.92. The quantitative estimate of drug-likeness (QED) is 0.758. The molecule has 0 saturated carbocycles. The molecule has 1 amide bonds. The third-order valence-corrected chi connectivity index (χ3v) is 5.96. The number of nitrogens with zero attached hydrogens (tertiary/aromatic N) is 1. The fraction of sp³-hybridized carbons (Fsp3) is 0.765. The summed E-state index contributed by atoms with van der Waals surface area (Å²) >= 11 is 1.51. The van der Waals surface area contributed by atoms with E-state index in [2.05, 4.69) is 10.5 Å². The van der Waals surface area contributed by atoms with Gasteiger partial charge in [-0.05, 0) is 20.8 Å². The number of nitrogens with one attached hydrogen (secondary N) is 1. The van der Waals surface area contributed by atoms with Crippen LogP contribution in [0.4, 0.5) is 5.88 Å². The molecule has 0 aliphatic carbocycles. The van der Waals surface area contributed by atoms with Gasteiger partial charge in [-0.25, -0.2) is 0 Å². The maximum atomic E-state index is 12.6. The fourth-order valence-corrected chi connectivity index (χ4v) is 3.09. The molecule has 2 heterocycles. The number of rotatable bonds is 7. The van der Waals surface area contributed by atoms with Gasteiger partial charge in [0.1, 0.15) is 0 Å². The lowest BCUT2D eigenvalue weighted by Gasteiger charge is -2.27. The van der Waals surface area contributed by atoms with Crippen LogP contribution < -0.4 is 5.32 Å². The third kappa shape index (κ3) is 5.20. The van der Waals surface area contributed by atoms with Crippen molar-refractivity contribution in [3.05, 3.63) is 11.8 Å². The predicted octanol–water partition coefficient (Wildman–Crippen LogP) is 2.20. The number of thioether (sulfide) groups is 1. The lowest BCUT2D eigenvalue weighted by molar-refractivity contribution is -0.117. The Morgan fingerprint density at radius 1 is 1.44 bits per heavy atom. The molecule has 1 fully saturated rings. The Morgan fingerprint density at radius 3 is 2.76 bits per heavy atom. The summed E-state index contributed by atoms with van der Waals surface area (Å²) in [5.74, 6) is 0.781. The summed E-state index contributed by atoms with van der Waals surface area (Å²) in [5.41, 5.74) is 0.0331. The Morgan fingerprint density at radius 2 is 2.16 bits per heavy atom. The van der Waals surface area contributed by atoms with Crippen LogP contribution in [0.5, 0.6) is 0 Å². The molecule has 1 aromatic rings. The van der Waals surface area contributed by atoms with Crippen molar-refractivity contribution in [1.82, 2.24) is 5.16 Å². The largest absolute Gasteiger partial charge is 0.392 e. The van der Waals surface area contributed by atoms with Crippen LogP contribution in [0.25, 0.3) is 0 Å². The third-order valence-electron chi connectivity index (χ3n) is 4.51. The SMILES string of the molecule is C[C@H](O)C(C)(C)c1cc(NC(=O)C(C)(C)SCC2COCCO2)on1. The molecule has 2 N–H and O–H groups in total. The van der Waals surface area contributed by atoms with Crippen molar-refractivity contribution in [2.75, 3.05) is 30.9 Å². The molecule has 0 bridgehead atoms. The molecule has 1 aromatic heterocycles.